The van der Waals surface area contributed by atoms with E-state index in [2.05, 4.69) is 25.9 Å². The van der Waals surface area contributed by atoms with Gasteiger partial charge in [0.05, 0.1) is 0 Å². The first kappa shape index (κ1) is 13.5. The lowest BCUT2D eigenvalue weighted by molar-refractivity contribution is -0.129. The van der Waals surface area contributed by atoms with Crippen molar-refractivity contribution in [3.8, 4) is 0 Å². The van der Waals surface area contributed by atoms with Crippen molar-refractivity contribution in [3.05, 3.63) is 29.3 Å². The summed E-state index contributed by atoms with van der Waals surface area (Å²) in [5.41, 5.74) is 0.722. The van der Waals surface area contributed by atoms with E-state index >= 15 is 0 Å². The molecule has 1 unspecified atom stereocenters. The molecular weight excluding hydrogens is 296 g/mol. The molecule has 1 atom stereocenters. The van der Waals surface area contributed by atoms with Crippen LogP contribution in [-0.2, 0) is 9.59 Å². The molecule has 1 aliphatic heterocycles. The summed E-state index contributed by atoms with van der Waals surface area (Å²) >= 11 is 5.82. The highest BCUT2D eigenvalue weighted by molar-refractivity contribution is 6.30. The minimum absolute atomic E-state index is 0.0535. The third-order valence-electron chi connectivity index (χ3n) is 3.24. The lowest BCUT2D eigenvalue weighted by Gasteiger charge is -2.16. The predicted molar refractivity (Wildman–Crippen MR) is 74.7 cm³/mol. The van der Waals surface area contributed by atoms with Crippen molar-refractivity contribution in [2.45, 2.75) is 6.42 Å². The van der Waals surface area contributed by atoms with E-state index < -0.39 is 11.8 Å². The van der Waals surface area contributed by atoms with Crippen LogP contribution in [0.5, 0.6) is 0 Å². The van der Waals surface area contributed by atoms with Gasteiger partial charge < -0.3 is 4.90 Å². The molecule has 0 radical (unpaired) electrons. The highest BCUT2D eigenvalue weighted by Gasteiger charge is 2.37. The molecule has 1 aliphatic rings. The number of tetrazole rings is 1. The fraction of sp³-hybridized carbons (Fsp3) is 0.250. The highest BCUT2D eigenvalue weighted by Crippen LogP contribution is 2.26. The monoisotopic (exact) mass is 306 g/mol. The number of rotatable bonds is 3. The van der Waals surface area contributed by atoms with Crippen molar-refractivity contribution in [1.82, 2.24) is 20.6 Å². The Kier molecular flexibility index (Phi) is 3.53. The Morgan fingerprint density at radius 1 is 1.38 bits per heavy atom. The van der Waals surface area contributed by atoms with E-state index in [4.69, 9.17) is 11.6 Å². The van der Waals surface area contributed by atoms with Gasteiger partial charge in [-0.05, 0) is 35.9 Å². The quantitative estimate of drug-likeness (QED) is 0.818. The number of nitrogens with one attached hydrogen (secondary N) is 2. The molecule has 1 saturated heterocycles. The van der Waals surface area contributed by atoms with Crippen LogP contribution in [0.25, 0.3) is 0 Å². The Hall–Kier alpha value is -2.48. The van der Waals surface area contributed by atoms with E-state index in [-0.39, 0.29) is 11.9 Å². The second kappa shape index (κ2) is 5.49. The van der Waals surface area contributed by atoms with E-state index in [1.165, 1.54) is 0 Å². The van der Waals surface area contributed by atoms with Crippen molar-refractivity contribution >= 4 is 35.1 Å². The maximum atomic E-state index is 12.3. The van der Waals surface area contributed by atoms with Gasteiger partial charge in [-0.1, -0.05) is 16.7 Å². The Bertz CT molecular complexity index is 657. The van der Waals surface area contributed by atoms with Gasteiger partial charge in [0.25, 0.3) is 5.95 Å². The molecule has 21 heavy (non-hydrogen) atoms. The first-order valence-electron chi connectivity index (χ1n) is 6.26. The average Bonchev–Trinajstić information content (AvgIpc) is 3.09. The van der Waals surface area contributed by atoms with E-state index in [0.29, 0.717) is 18.0 Å². The summed E-state index contributed by atoms with van der Waals surface area (Å²) in [7, 11) is 0. The molecule has 9 heteroatoms. The van der Waals surface area contributed by atoms with Crippen LogP contribution < -0.4 is 10.2 Å². The third-order valence-corrected chi connectivity index (χ3v) is 3.49. The summed E-state index contributed by atoms with van der Waals surface area (Å²) in [6, 6.07) is 6.91. The van der Waals surface area contributed by atoms with Gasteiger partial charge in [0.2, 0.25) is 11.8 Å². The molecule has 3 rings (SSSR count). The number of aromatic nitrogens is 4. The van der Waals surface area contributed by atoms with Gasteiger partial charge in [0, 0.05) is 17.3 Å². The standard InChI is InChI=1S/C12H11ClN6O2/c13-7-1-3-8(4-2-7)19-6-5-9(11(19)21)10(20)14-12-15-17-18-16-12/h1-4,9H,5-6H2,(H2,14,15,16,17,18,20). The van der Waals surface area contributed by atoms with E-state index in [1.807, 2.05) is 0 Å². The smallest absolute Gasteiger partial charge is 0.269 e. The largest absolute Gasteiger partial charge is 0.312 e. The molecule has 2 aromatic rings. The minimum Gasteiger partial charge on any atom is -0.312 e. The summed E-state index contributed by atoms with van der Waals surface area (Å²) in [5, 5.41) is 15.8. The van der Waals surface area contributed by atoms with Crippen LogP contribution in [0, 0.1) is 5.92 Å². The molecule has 2 heterocycles. The van der Waals surface area contributed by atoms with Crippen molar-refractivity contribution in [2.75, 3.05) is 16.8 Å². The normalized spacial score (nSPS) is 18.0. The number of hydrogen-bond donors (Lipinski definition) is 2. The number of aromatic amines is 1. The van der Waals surface area contributed by atoms with Crippen LogP contribution in [0.2, 0.25) is 5.02 Å². The molecule has 0 spiro atoms. The van der Waals surface area contributed by atoms with Crippen LogP contribution >= 0.6 is 11.6 Å². The molecule has 1 fully saturated rings. The van der Waals surface area contributed by atoms with Crippen LogP contribution in [0.15, 0.2) is 24.3 Å². The fourth-order valence-electron chi connectivity index (χ4n) is 2.21. The summed E-state index contributed by atoms with van der Waals surface area (Å²) in [4.78, 5) is 25.9. The Morgan fingerprint density at radius 2 is 2.14 bits per heavy atom. The summed E-state index contributed by atoms with van der Waals surface area (Å²) in [5.74, 6) is -1.38. The van der Waals surface area contributed by atoms with E-state index in [9.17, 15) is 9.59 Å². The second-order valence-electron chi connectivity index (χ2n) is 4.53. The van der Waals surface area contributed by atoms with E-state index in [0.717, 1.165) is 5.69 Å². The first-order chi connectivity index (χ1) is 10.1. The van der Waals surface area contributed by atoms with Crippen molar-refractivity contribution in [1.29, 1.82) is 0 Å². The van der Waals surface area contributed by atoms with Gasteiger partial charge >= 0.3 is 0 Å². The molecule has 2 N–H and O–H groups in total. The molecule has 0 aliphatic carbocycles. The van der Waals surface area contributed by atoms with E-state index in [1.54, 1.807) is 29.2 Å². The summed E-state index contributed by atoms with van der Waals surface area (Å²) in [6.45, 7) is 0.477. The Morgan fingerprint density at radius 3 is 2.81 bits per heavy atom. The zero-order chi connectivity index (χ0) is 14.8. The molecule has 2 amide bonds. The molecule has 108 valence electrons. The van der Waals surface area contributed by atoms with Gasteiger partial charge in [-0.3, -0.25) is 14.9 Å². The van der Waals surface area contributed by atoms with Crippen LogP contribution in [0.1, 0.15) is 6.42 Å². The average molecular weight is 307 g/mol. The molecule has 0 bridgehead atoms. The Labute approximate surface area is 124 Å². The SMILES string of the molecule is O=C(Nc1nn[nH]n1)C1CCN(c2ccc(Cl)cc2)C1=O. The Balaban J connectivity index is 1.71. The predicted octanol–water partition coefficient (Wildman–Crippen LogP) is 0.845. The third kappa shape index (κ3) is 2.70. The molecule has 0 saturated carbocycles. The first-order valence-corrected chi connectivity index (χ1v) is 6.64. The van der Waals surface area contributed by atoms with Crippen molar-refractivity contribution in [3.63, 3.8) is 0 Å². The molecule has 8 nitrogen and oxygen atoms in total. The molecular formula is C12H11ClN6O2. The number of hydrogen-bond acceptors (Lipinski definition) is 5. The second-order valence-corrected chi connectivity index (χ2v) is 4.97. The summed E-state index contributed by atoms with van der Waals surface area (Å²) < 4.78 is 0. The lowest BCUT2D eigenvalue weighted by Crippen LogP contribution is -2.33. The number of carbonyl (C=O) groups excluding carboxylic acids is 2. The number of anilines is 2. The van der Waals surface area contributed by atoms with Crippen molar-refractivity contribution < 1.29 is 9.59 Å². The topological polar surface area (TPSA) is 104 Å². The van der Waals surface area contributed by atoms with Crippen LogP contribution in [-0.4, -0.2) is 39.0 Å². The van der Waals surface area contributed by atoms with Gasteiger partial charge in [0.15, 0.2) is 0 Å². The number of carbonyl (C=O) groups is 2. The van der Waals surface area contributed by atoms with Crippen LogP contribution in [0.3, 0.4) is 0 Å². The van der Waals surface area contributed by atoms with Gasteiger partial charge in [-0.15, -0.1) is 5.10 Å². The van der Waals surface area contributed by atoms with Gasteiger partial charge in [0.1, 0.15) is 5.92 Å². The lowest BCUT2D eigenvalue weighted by atomic mass is 10.1. The minimum atomic E-state index is -0.751. The van der Waals surface area contributed by atoms with Gasteiger partial charge in [-0.2, -0.15) is 5.21 Å². The highest BCUT2D eigenvalue weighted by atomic mass is 35.5. The summed E-state index contributed by atoms with van der Waals surface area (Å²) in [6.07, 6.45) is 0.436. The van der Waals surface area contributed by atoms with Crippen LogP contribution in [0.4, 0.5) is 11.6 Å². The number of amides is 2. The molecule has 1 aromatic carbocycles. The van der Waals surface area contributed by atoms with Gasteiger partial charge in [-0.25, -0.2) is 0 Å². The number of nitrogens with zero attached hydrogens (tertiary/aromatic N) is 4. The number of H-pyrrole nitrogens is 1. The number of benzene rings is 1. The maximum Gasteiger partial charge on any atom is 0.269 e. The number of halogens is 1. The van der Waals surface area contributed by atoms with Crippen molar-refractivity contribution in [2.24, 2.45) is 5.92 Å². The zero-order valence-electron chi connectivity index (χ0n) is 10.8. The fourth-order valence-corrected chi connectivity index (χ4v) is 2.34. The zero-order valence-corrected chi connectivity index (χ0v) is 11.5. The molecule has 1 aromatic heterocycles. The maximum absolute atomic E-state index is 12.3.